The van der Waals surface area contributed by atoms with Crippen LogP contribution in [0.3, 0.4) is 0 Å². The van der Waals surface area contributed by atoms with Gasteiger partial charge >= 0.3 is 0 Å². The zero-order valence-corrected chi connectivity index (χ0v) is 13.0. The van der Waals surface area contributed by atoms with Gasteiger partial charge in [-0.05, 0) is 55.5 Å². The molecule has 21 heavy (non-hydrogen) atoms. The Bertz CT molecular complexity index is 492. The third-order valence-electron chi connectivity index (χ3n) is 5.05. The van der Waals surface area contributed by atoms with Crippen molar-refractivity contribution in [2.75, 3.05) is 27.3 Å². The van der Waals surface area contributed by atoms with Crippen molar-refractivity contribution < 1.29 is 9.47 Å². The Morgan fingerprint density at radius 2 is 2.10 bits per heavy atom. The molecule has 3 unspecified atom stereocenters. The molecule has 0 bridgehead atoms. The first-order valence-electron chi connectivity index (χ1n) is 7.92. The van der Waals surface area contributed by atoms with Gasteiger partial charge in [0.1, 0.15) is 5.75 Å². The maximum absolute atomic E-state index is 6.59. The summed E-state index contributed by atoms with van der Waals surface area (Å²) in [6, 6.07) is 6.80. The summed E-state index contributed by atoms with van der Waals surface area (Å²) < 4.78 is 10.9. The Morgan fingerprint density at radius 3 is 2.86 bits per heavy atom. The van der Waals surface area contributed by atoms with Gasteiger partial charge in [-0.25, -0.2) is 0 Å². The van der Waals surface area contributed by atoms with Gasteiger partial charge in [0.25, 0.3) is 0 Å². The van der Waals surface area contributed by atoms with Crippen LogP contribution in [-0.2, 0) is 11.2 Å². The number of nitrogens with two attached hydrogens (primary N) is 1. The van der Waals surface area contributed by atoms with Crippen LogP contribution < -0.4 is 10.5 Å². The molecule has 1 aromatic carbocycles. The highest BCUT2D eigenvalue weighted by Crippen LogP contribution is 2.34. The van der Waals surface area contributed by atoms with Crippen LogP contribution in [0.4, 0.5) is 0 Å². The molecule has 1 fully saturated rings. The van der Waals surface area contributed by atoms with Crippen molar-refractivity contribution in [2.45, 2.75) is 43.9 Å². The second kappa shape index (κ2) is 6.34. The van der Waals surface area contributed by atoms with E-state index in [1.807, 2.05) is 13.2 Å². The fourth-order valence-electron chi connectivity index (χ4n) is 3.80. The zero-order valence-electron chi connectivity index (χ0n) is 13.0. The van der Waals surface area contributed by atoms with Crippen LogP contribution in [-0.4, -0.2) is 44.4 Å². The summed E-state index contributed by atoms with van der Waals surface area (Å²) in [5.41, 5.74) is 9.22. The molecular weight excluding hydrogens is 264 g/mol. The van der Waals surface area contributed by atoms with E-state index in [-0.39, 0.29) is 6.04 Å². The van der Waals surface area contributed by atoms with E-state index in [4.69, 9.17) is 15.2 Å². The second-order valence-corrected chi connectivity index (χ2v) is 6.19. The number of ether oxygens (including phenoxy) is 2. The van der Waals surface area contributed by atoms with E-state index in [9.17, 15) is 0 Å². The fraction of sp³-hybridized carbons (Fsp3) is 0.647. The molecule has 3 rings (SSSR count). The van der Waals surface area contributed by atoms with Gasteiger partial charge in [0.2, 0.25) is 0 Å². The fourth-order valence-corrected chi connectivity index (χ4v) is 3.80. The normalized spacial score (nSPS) is 30.0. The molecule has 0 amide bonds. The number of nitrogens with zero attached hydrogens (tertiary/aromatic N) is 1. The number of rotatable bonds is 3. The maximum atomic E-state index is 6.59. The highest BCUT2D eigenvalue weighted by atomic mass is 16.5. The molecule has 0 saturated carbocycles. The molecule has 1 aliphatic heterocycles. The lowest BCUT2D eigenvalue weighted by molar-refractivity contribution is 0.00665. The monoisotopic (exact) mass is 290 g/mol. The number of likely N-dealkylation sites (tertiary alicyclic amines) is 1. The lowest BCUT2D eigenvalue weighted by Gasteiger charge is -2.43. The topological polar surface area (TPSA) is 47.7 Å². The lowest BCUT2D eigenvalue weighted by atomic mass is 9.83. The van der Waals surface area contributed by atoms with Crippen molar-refractivity contribution in [3.8, 4) is 5.75 Å². The summed E-state index contributed by atoms with van der Waals surface area (Å²) in [7, 11) is 3.52. The van der Waals surface area contributed by atoms with Crippen molar-refractivity contribution in [3.63, 3.8) is 0 Å². The number of aryl methyl sites for hydroxylation is 1. The Morgan fingerprint density at radius 1 is 1.24 bits per heavy atom. The molecule has 1 aromatic rings. The van der Waals surface area contributed by atoms with E-state index >= 15 is 0 Å². The number of hydrogen-bond acceptors (Lipinski definition) is 4. The van der Waals surface area contributed by atoms with Crippen LogP contribution in [0, 0.1) is 0 Å². The lowest BCUT2D eigenvalue weighted by Crippen LogP contribution is -2.51. The molecule has 2 aliphatic rings. The SMILES string of the molecule is COc1ccc2c(c1)C(N)C(N1CCCC(OC)C1)CC2. The number of benzene rings is 1. The predicted molar refractivity (Wildman–Crippen MR) is 83.6 cm³/mol. The van der Waals surface area contributed by atoms with Crippen LogP contribution in [0.15, 0.2) is 18.2 Å². The first-order valence-corrected chi connectivity index (χ1v) is 7.92. The molecule has 4 nitrogen and oxygen atoms in total. The molecule has 3 atom stereocenters. The van der Waals surface area contributed by atoms with Crippen LogP contribution in [0.1, 0.15) is 36.4 Å². The first kappa shape index (κ1) is 14.8. The number of hydrogen-bond donors (Lipinski definition) is 1. The average molecular weight is 290 g/mol. The maximum Gasteiger partial charge on any atom is 0.119 e. The van der Waals surface area contributed by atoms with Crippen LogP contribution in [0.25, 0.3) is 0 Å². The third kappa shape index (κ3) is 2.93. The van der Waals surface area contributed by atoms with E-state index in [1.165, 1.54) is 24.0 Å². The summed E-state index contributed by atoms with van der Waals surface area (Å²) in [5, 5.41) is 0. The standard InChI is InChI=1S/C17H26N2O2/c1-20-13-7-5-12-6-8-16(17(18)15(12)10-13)19-9-3-4-14(11-19)21-2/h5,7,10,14,16-17H,3-4,6,8-9,11,18H2,1-2H3. The quantitative estimate of drug-likeness (QED) is 0.926. The zero-order chi connectivity index (χ0) is 14.8. The van der Waals surface area contributed by atoms with Gasteiger partial charge < -0.3 is 15.2 Å². The summed E-state index contributed by atoms with van der Waals surface area (Å²) in [4.78, 5) is 2.53. The summed E-state index contributed by atoms with van der Waals surface area (Å²) >= 11 is 0. The molecule has 2 N–H and O–H groups in total. The van der Waals surface area contributed by atoms with Crippen LogP contribution in [0.2, 0.25) is 0 Å². The molecule has 4 heteroatoms. The number of piperidine rings is 1. The van der Waals surface area contributed by atoms with Gasteiger partial charge in [-0.15, -0.1) is 0 Å². The predicted octanol–water partition coefficient (Wildman–Crippen LogP) is 2.12. The van der Waals surface area contributed by atoms with Gasteiger partial charge in [-0.2, -0.15) is 0 Å². The summed E-state index contributed by atoms with van der Waals surface area (Å²) in [5.74, 6) is 0.901. The molecule has 1 saturated heterocycles. The average Bonchev–Trinajstić information content (AvgIpc) is 2.55. The molecule has 0 aromatic heterocycles. The van der Waals surface area contributed by atoms with Gasteiger partial charge in [-0.3, -0.25) is 4.90 Å². The van der Waals surface area contributed by atoms with Gasteiger partial charge in [0.15, 0.2) is 0 Å². The molecule has 116 valence electrons. The largest absolute Gasteiger partial charge is 0.497 e. The Hall–Kier alpha value is -1.10. The van der Waals surface area contributed by atoms with Crippen molar-refractivity contribution in [3.05, 3.63) is 29.3 Å². The first-order chi connectivity index (χ1) is 10.2. The van der Waals surface area contributed by atoms with Crippen LogP contribution >= 0.6 is 0 Å². The van der Waals surface area contributed by atoms with Crippen molar-refractivity contribution >= 4 is 0 Å². The van der Waals surface area contributed by atoms with Gasteiger partial charge in [0, 0.05) is 25.7 Å². The summed E-state index contributed by atoms with van der Waals surface area (Å²) in [6.07, 6.45) is 4.96. The summed E-state index contributed by atoms with van der Waals surface area (Å²) in [6.45, 7) is 2.14. The van der Waals surface area contributed by atoms with E-state index in [1.54, 1.807) is 7.11 Å². The minimum Gasteiger partial charge on any atom is -0.497 e. The molecular formula is C17H26N2O2. The van der Waals surface area contributed by atoms with E-state index in [2.05, 4.69) is 17.0 Å². The van der Waals surface area contributed by atoms with E-state index in [0.717, 1.165) is 31.7 Å². The molecule has 1 aliphatic carbocycles. The van der Waals surface area contributed by atoms with Crippen LogP contribution in [0.5, 0.6) is 5.75 Å². The van der Waals surface area contributed by atoms with Crippen molar-refractivity contribution in [2.24, 2.45) is 5.73 Å². The third-order valence-corrected chi connectivity index (χ3v) is 5.05. The van der Waals surface area contributed by atoms with Gasteiger partial charge in [-0.1, -0.05) is 6.07 Å². The number of fused-ring (bicyclic) bond motifs is 1. The van der Waals surface area contributed by atoms with E-state index in [0.29, 0.717) is 12.1 Å². The molecule has 0 spiro atoms. The molecule has 0 radical (unpaired) electrons. The number of methoxy groups -OCH3 is 2. The van der Waals surface area contributed by atoms with Gasteiger partial charge in [0.05, 0.1) is 13.2 Å². The smallest absolute Gasteiger partial charge is 0.119 e. The van der Waals surface area contributed by atoms with Crippen molar-refractivity contribution in [1.29, 1.82) is 0 Å². The Kier molecular flexibility index (Phi) is 4.48. The van der Waals surface area contributed by atoms with E-state index < -0.39 is 0 Å². The highest BCUT2D eigenvalue weighted by molar-refractivity contribution is 5.40. The second-order valence-electron chi connectivity index (χ2n) is 6.19. The Balaban J connectivity index is 1.79. The van der Waals surface area contributed by atoms with Crippen molar-refractivity contribution in [1.82, 2.24) is 4.90 Å². The molecule has 1 heterocycles. The highest BCUT2D eigenvalue weighted by Gasteiger charge is 2.34. The minimum atomic E-state index is 0.0689. The minimum absolute atomic E-state index is 0.0689. The Labute approximate surface area is 127 Å².